The van der Waals surface area contributed by atoms with Crippen molar-refractivity contribution in [2.24, 2.45) is 0 Å². The number of aliphatic hydroxyl groups excluding tert-OH is 1. The smallest absolute Gasteiger partial charge is 0.315 e. The predicted molar refractivity (Wildman–Crippen MR) is 93.1 cm³/mol. The fraction of sp³-hybridized carbons (Fsp3) is 0.176. The molecule has 3 rings (SSSR count). The standard InChI is InChI=1S/C17H18N4O2S/c22-16(14-5-8-24-11-14)10-20-17(23)19-9-13-3-1-2-4-15(13)21-7-6-18-12-21/h1-8,11-12,16,22H,9-10H2,(H2,19,20,23). The van der Waals surface area contributed by atoms with E-state index in [0.717, 1.165) is 16.8 Å². The quantitative estimate of drug-likeness (QED) is 0.644. The van der Waals surface area contributed by atoms with Crippen molar-refractivity contribution in [2.45, 2.75) is 12.6 Å². The Morgan fingerprint density at radius 3 is 2.92 bits per heavy atom. The number of para-hydroxylation sites is 1. The largest absolute Gasteiger partial charge is 0.387 e. The Labute approximate surface area is 143 Å². The van der Waals surface area contributed by atoms with Crippen LogP contribution in [0.2, 0.25) is 0 Å². The van der Waals surface area contributed by atoms with Crippen molar-refractivity contribution < 1.29 is 9.90 Å². The van der Waals surface area contributed by atoms with Gasteiger partial charge in [0.1, 0.15) is 0 Å². The molecule has 7 heteroatoms. The van der Waals surface area contributed by atoms with E-state index in [9.17, 15) is 9.90 Å². The minimum atomic E-state index is -0.694. The molecule has 1 atom stereocenters. The minimum absolute atomic E-state index is 0.172. The van der Waals surface area contributed by atoms with Gasteiger partial charge in [0.15, 0.2) is 0 Å². The predicted octanol–water partition coefficient (Wildman–Crippen LogP) is 2.47. The SMILES string of the molecule is O=C(NCc1ccccc1-n1ccnc1)NCC(O)c1ccsc1. The number of amides is 2. The molecule has 0 aliphatic heterocycles. The number of imidazole rings is 1. The van der Waals surface area contributed by atoms with Crippen molar-refractivity contribution in [2.75, 3.05) is 6.54 Å². The maximum Gasteiger partial charge on any atom is 0.315 e. The van der Waals surface area contributed by atoms with E-state index in [1.807, 2.05) is 51.9 Å². The van der Waals surface area contributed by atoms with Gasteiger partial charge in [0.2, 0.25) is 0 Å². The first-order valence-corrected chi connectivity index (χ1v) is 8.46. The van der Waals surface area contributed by atoms with E-state index in [2.05, 4.69) is 15.6 Å². The third-order valence-electron chi connectivity index (χ3n) is 3.60. The highest BCUT2D eigenvalue weighted by molar-refractivity contribution is 7.07. The summed E-state index contributed by atoms with van der Waals surface area (Å²) in [6.07, 6.45) is 4.59. The van der Waals surface area contributed by atoms with Crippen molar-refractivity contribution in [3.63, 3.8) is 0 Å². The Hall–Kier alpha value is -2.64. The van der Waals surface area contributed by atoms with Gasteiger partial charge in [-0.1, -0.05) is 18.2 Å². The van der Waals surface area contributed by atoms with Crippen molar-refractivity contribution in [1.29, 1.82) is 0 Å². The van der Waals surface area contributed by atoms with E-state index >= 15 is 0 Å². The van der Waals surface area contributed by atoms with Crippen LogP contribution < -0.4 is 10.6 Å². The molecule has 0 fully saturated rings. The molecule has 2 amide bonds. The summed E-state index contributed by atoms with van der Waals surface area (Å²) in [7, 11) is 0. The molecule has 1 unspecified atom stereocenters. The van der Waals surface area contributed by atoms with Crippen LogP contribution in [0.4, 0.5) is 4.79 Å². The zero-order valence-corrected chi connectivity index (χ0v) is 13.7. The third kappa shape index (κ3) is 4.01. The lowest BCUT2D eigenvalue weighted by molar-refractivity contribution is 0.173. The molecule has 0 bridgehead atoms. The van der Waals surface area contributed by atoms with Crippen LogP contribution in [0.5, 0.6) is 0 Å². The van der Waals surface area contributed by atoms with Crippen molar-refractivity contribution in [1.82, 2.24) is 20.2 Å². The molecule has 24 heavy (non-hydrogen) atoms. The van der Waals surface area contributed by atoms with Crippen LogP contribution in [0.1, 0.15) is 17.2 Å². The maximum atomic E-state index is 11.9. The lowest BCUT2D eigenvalue weighted by atomic mass is 10.1. The summed E-state index contributed by atoms with van der Waals surface area (Å²) >= 11 is 1.51. The van der Waals surface area contributed by atoms with E-state index in [0.29, 0.717) is 6.54 Å². The molecule has 0 aliphatic rings. The zero-order chi connectivity index (χ0) is 16.8. The third-order valence-corrected chi connectivity index (χ3v) is 4.30. The number of aliphatic hydroxyl groups is 1. The van der Waals surface area contributed by atoms with E-state index in [4.69, 9.17) is 0 Å². The van der Waals surface area contributed by atoms with Crippen LogP contribution in [0.3, 0.4) is 0 Å². The second-order valence-corrected chi connectivity index (χ2v) is 6.01. The summed E-state index contributed by atoms with van der Waals surface area (Å²) in [5.41, 5.74) is 2.75. The molecule has 0 aliphatic carbocycles. The van der Waals surface area contributed by atoms with Gasteiger partial charge in [0.25, 0.3) is 0 Å². The van der Waals surface area contributed by atoms with Gasteiger partial charge >= 0.3 is 6.03 Å². The number of nitrogens with one attached hydrogen (secondary N) is 2. The Kier molecular flexibility index (Phi) is 5.25. The second kappa shape index (κ2) is 7.76. The first-order valence-electron chi connectivity index (χ1n) is 7.52. The Bertz CT molecular complexity index is 772. The number of hydrogen-bond donors (Lipinski definition) is 3. The van der Waals surface area contributed by atoms with Gasteiger partial charge in [0.05, 0.1) is 18.1 Å². The van der Waals surface area contributed by atoms with Gasteiger partial charge in [0, 0.05) is 25.5 Å². The topological polar surface area (TPSA) is 79.2 Å². The molecular weight excluding hydrogens is 324 g/mol. The second-order valence-electron chi connectivity index (χ2n) is 5.23. The van der Waals surface area contributed by atoms with Crippen molar-refractivity contribution in [3.05, 3.63) is 70.9 Å². The molecule has 0 spiro atoms. The molecule has 2 aromatic heterocycles. The lowest BCUT2D eigenvalue weighted by Gasteiger charge is -2.13. The first-order chi connectivity index (χ1) is 11.7. The van der Waals surface area contributed by atoms with E-state index < -0.39 is 6.10 Å². The fourth-order valence-corrected chi connectivity index (χ4v) is 3.03. The Balaban J connectivity index is 1.53. The number of carbonyl (C=O) groups excluding carboxylic acids is 1. The number of rotatable bonds is 6. The average molecular weight is 342 g/mol. The number of aromatic nitrogens is 2. The van der Waals surface area contributed by atoms with Gasteiger partial charge in [-0.3, -0.25) is 0 Å². The van der Waals surface area contributed by atoms with E-state index in [1.165, 1.54) is 11.3 Å². The van der Waals surface area contributed by atoms with Crippen LogP contribution in [0.25, 0.3) is 5.69 Å². The molecule has 6 nitrogen and oxygen atoms in total. The summed E-state index contributed by atoms with van der Waals surface area (Å²) in [5.74, 6) is 0. The number of nitrogens with zero attached hydrogens (tertiary/aromatic N) is 2. The molecule has 0 saturated carbocycles. The highest BCUT2D eigenvalue weighted by Gasteiger charge is 2.10. The van der Waals surface area contributed by atoms with Crippen LogP contribution in [-0.4, -0.2) is 27.2 Å². The van der Waals surface area contributed by atoms with Crippen LogP contribution in [0.15, 0.2) is 59.8 Å². The summed E-state index contributed by atoms with van der Waals surface area (Å²) in [6, 6.07) is 9.32. The fourth-order valence-electron chi connectivity index (χ4n) is 2.32. The number of benzene rings is 1. The lowest BCUT2D eigenvalue weighted by Crippen LogP contribution is -2.37. The average Bonchev–Trinajstić information content (AvgIpc) is 3.31. The number of urea groups is 1. The Morgan fingerprint density at radius 1 is 1.29 bits per heavy atom. The Morgan fingerprint density at radius 2 is 2.17 bits per heavy atom. The zero-order valence-electron chi connectivity index (χ0n) is 12.9. The molecule has 0 radical (unpaired) electrons. The van der Waals surface area contributed by atoms with Gasteiger partial charge < -0.3 is 20.3 Å². The molecule has 124 valence electrons. The molecule has 0 saturated heterocycles. The first kappa shape index (κ1) is 16.2. The van der Waals surface area contributed by atoms with Crippen LogP contribution >= 0.6 is 11.3 Å². The van der Waals surface area contributed by atoms with E-state index in [1.54, 1.807) is 12.5 Å². The highest BCUT2D eigenvalue weighted by Crippen LogP contribution is 2.15. The highest BCUT2D eigenvalue weighted by atomic mass is 32.1. The van der Waals surface area contributed by atoms with Gasteiger partial charge in [-0.05, 0) is 34.0 Å². The molecular formula is C17H18N4O2S. The minimum Gasteiger partial charge on any atom is -0.387 e. The molecule has 3 aromatic rings. The monoisotopic (exact) mass is 342 g/mol. The summed E-state index contributed by atoms with van der Waals surface area (Å²) in [6.45, 7) is 0.556. The van der Waals surface area contributed by atoms with Crippen molar-refractivity contribution in [3.8, 4) is 5.69 Å². The van der Waals surface area contributed by atoms with Crippen LogP contribution in [-0.2, 0) is 6.54 Å². The van der Waals surface area contributed by atoms with Gasteiger partial charge in [-0.2, -0.15) is 11.3 Å². The number of hydrogen-bond acceptors (Lipinski definition) is 4. The summed E-state index contributed by atoms with van der Waals surface area (Å²) in [4.78, 5) is 16.0. The molecule has 2 heterocycles. The number of carbonyl (C=O) groups is 1. The van der Waals surface area contributed by atoms with Crippen LogP contribution in [0, 0.1) is 0 Å². The molecule has 1 aromatic carbocycles. The van der Waals surface area contributed by atoms with E-state index in [-0.39, 0.29) is 12.6 Å². The summed E-state index contributed by atoms with van der Waals surface area (Å²) < 4.78 is 1.90. The maximum absolute atomic E-state index is 11.9. The van der Waals surface area contributed by atoms with Gasteiger partial charge in [-0.25, -0.2) is 9.78 Å². The van der Waals surface area contributed by atoms with Crippen molar-refractivity contribution >= 4 is 17.4 Å². The van der Waals surface area contributed by atoms with Gasteiger partial charge in [-0.15, -0.1) is 0 Å². The normalized spacial score (nSPS) is 11.9. The number of thiophene rings is 1. The molecule has 3 N–H and O–H groups in total. The summed E-state index contributed by atoms with van der Waals surface area (Å²) in [5, 5.41) is 19.2.